The Balaban J connectivity index is 2.23. The van der Waals surface area contributed by atoms with Gasteiger partial charge in [-0.1, -0.05) is 0 Å². The Morgan fingerprint density at radius 3 is 2.41 bits per heavy atom. The summed E-state index contributed by atoms with van der Waals surface area (Å²) in [6.07, 6.45) is 4.02. The van der Waals surface area contributed by atoms with E-state index < -0.39 is 11.5 Å². The highest BCUT2D eigenvalue weighted by molar-refractivity contribution is 5.78. The molecule has 0 radical (unpaired) electrons. The molecule has 1 amide bonds. The van der Waals surface area contributed by atoms with Crippen molar-refractivity contribution in [1.82, 2.24) is 14.7 Å². The van der Waals surface area contributed by atoms with E-state index in [0.717, 1.165) is 0 Å². The number of carbonyl (C=O) groups is 2. The van der Waals surface area contributed by atoms with Crippen molar-refractivity contribution in [3.63, 3.8) is 0 Å². The fourth-order valence-corrected chi connectivity index (χ4v) is 2.25. The lowest BCUT2D eigenvalue weighted by Crippen LogP contribution is -2.52. The molecule has 17 heavy (non-hydrogen) atoms. The molecule has 6 heteroatoms. The van der Waals surface area contributed by atoms with Gasteiger partial charge in [-0.05, 0) is 6.07 Å². The zero-order valence-electron chi connectivity index (χ0n) is 9.67. The van der Waals surface area contributed by atoms with E-state index >= 15 is 0 Å². The number of rotatable bonds is 2. The number of carbonyl (C=O) groups excluding carboxylic acids is 1. The van der Waals surface area contributed by atoms with Gasteiger partial charge in [-0.2, -0.15) is 5.10 Å². The van der Waals surface area contributed by atoms with Crippen LogP contribution in [0.25, 0.3) is 0 Å². The normalized spacial score (nSPS) is 19.0. The standard InChI is InChI=1S/C11H15N3O3/c1-9(15)13-7-3-11(4-8-13,10(16)17)14-6-2-5-12-14/h2,5-6H,3-4,7-8H2,1H3,(H,16,17). The molecular weight excluding hydrogens is 222 g/mol. The molecule has 1 saturated heterocycles. The number of piperidine rings is 1. The number of hydrogen-bond donors (Lipinski definition) is 1. The Labute approximate surface area is 98.8 Å². The highest BCUT2D eigenvalue weighted by Gasteiger charge is 2.44. The van der Waals surface area contributed by atoms with E-state index in [2.05, 4.69) is 5.10 Å². The van der Waals surface area contributed by atoms with E-state index in [9.17, 15) is 14.7 Å². The second-order valence-corrected chi connectivity index (χ2v) is 4.29. The third kappa shape index (κ3) is 1.90. The molecule has 0 spiro atoms. The van der Waals surface area contributed by atoms with Crippen molar-refractivity contribution in [2.75, 3.05) is 13.1 Å². The monoisotopic (exact) mass is 237 g/mol. The highest BCUT2D eigenvalue weighted by Crippen LogP contribution is 2.29. The second-order valence-electron chi connectivity index (χ2n) is 4.29. The first-order valence-electron chi connectivity index (χ1n) is 5.55. The quantitative estimate of drug-likeness (QED) is 0.803. The third-order valence-corrected chi connectivity index (χ3v) is 3.38. The van der Waals surface area contributed by atoms with Gasteiger partial charge < -0.3 is 10.0 Å². The van der Waals surface area contributed by atoms with Gasteiger partial charge in [-0.15, -0.1) is 0 Å². The lowest BCUT2D eigenvalue weighted by Gasteiger charge is -2.38. The van der Waals surface area contributed by atoms with Crippen LogP contribution in [0.5, 0.6) is 0 Å². The number of hydrogen-bond acceptors (Lipinski definition) is 3. The lowest BCUT2D eigenvalue weighted by atomic mass is 9.87. The second kappa shape index (κ2) is 4.20. The number of nitrogens with zero attached hydrogens (tertiary/aromatic N) is 3. The molecule has 1 N–H and O–H groups in total. The summed E-state index contributed by atoms with van der Waals surface area (Å²) >= 11 is 0. The number of aromatic nitrogens is 2. The predicted octanol–water partition coefficient (Wildman–Crippen LogP) is 0.305. The summed E-state index contributed by atoms with van der Waals surface area (Å²) in [6, 6.07) is 1.71. The van der Waals surface area contributed by atoms with Gasteiger partial charge in [-0.3, -0.25) is 9.48 Å². The molecule has 1 aromatic heterocycles. The molecule has 6 nitrogen and oxygen atoms in total. The fourth-order valence-electron chi connectivity index (χ4n) is 2.25. The predicted molar refractivity (Wildman–Crippen MR) is 59.3 cm³/mol. The Morgan fingerprint density at radius 1 is 1.35 bits per heavy atom. The molecule has 0 saturated carbocycles. The van der Waals surface area contributed by atoms with Crippen LogP contribution >= 0.6 is 0 Å². The van der Waals surface area contributed by atoms with Gasteiger partial charge in [0.15, 0.2) is 5.54 Å². The first-order chi connectivity index (χ1) is 8.06. The van der Waals surface area contributed by atoms with Crippen LogP contribution < -0.4 is 0 Å². The van der Waals surface area contributed by atoms with Crippen molar-refractivity contribution >= 4 is 11.9 Å². The molecule has 1 fully saturated rings. The van der Waals surface area contributed by atoms with Crippen molar-refractivity contribution in [3.05, 3.63) is 18.5 Å². The number of aliphatic carboxylic acids is 1. The van der Waals surface area contributed by atoms with Crippen molar-refractivity contribution in [1.29, 1.82) is 0 Å². The Hall–Kier alpha value is -1.85. The summed E-state index contributed by atoms with van der Waals surface area (Å²) in [5.41, 5.74) is -1.00. The van der Waals surface area contributed by atoms with Crippen LogP contribution in [0.15, 0.2) is 18.5 Å². The SMILES string of the molecule is CC(=O)N1CCC(C(=O)O)(n2cccn2)CC1. The molecule has 1 aliphatic heterocycles. The molecule has 0 aliphatic carbocycles. The summed E-state index contributed by atoms with van der Waals surface area (Å²) < 4.78 is 1.49. The van der Waals surface area contributed by atoms with Gasteiger partial charge >= 0.3 is 5.97 Å². The van der Waals surface area contributed by atoms with Crippen molar-refractivity contribution < 1.29 is 14.7 Å². The Morgan fingerprint density at radius 2 is 2.00 bits per heavy atom. The maximum absolute atomic E-state index is 11.5. The van der Waals surface area contributed by atoms with Crippen molar-refractivity contribution in [2.45, 2.75) is 25.3 Å². The minimum absolute atomic E-state index is 0.00976. The molecule has 2 rings (SSSR count). The molecule has 1 aromatic rings. The average molecular weight is 237 g/mol. The average Bonchev–Trinajstić information content (AvgIpc) is 2.82. The van der Waals surface area contributed by atoms with E-state index in [-0.39, 0.29) is 5.91 Å². The molecule has 2 heterocycles. The number of amides is 1. The zero-order valence-corrected chi connectivity index (χ0v) is 9.67. The van der Waals surface area contributed by atoms with Gasteiger partial charge in [0.1, 0.15) is 0 Å². The first-order valence-corrected chi connectivity index (χ1v) is 5.55. The summed E-state index contributed by atoms with van der Waals surface area (Å²) in [5, 5.41) is 13.5. The smallest absolute Gasteiger partial charge is 0.331 e. The molecule has 0 unspecified atom stereocenters. The maximum atomic E-state index is 11.5. The minimum Gasteiger partial charge on any atom is -0.479 e. The molecule has 0 bridgehead atoms. The zero-order chi connectivity index (χ0) is 12.5. The van der Waals surface area contributed by atoms with Gasteiger partial charge in [0.05, 0.1) is 0 Å². The van der Waals surface area contributed by atoms with Crippen LogP contribution in [0.4, 0.5) is 0 Å². The van der Waals surface area contributed by atoms with E-state index in [1.807, 2.05) is 0 Å². The third-order valence-electron chi connectivity index (χ3n) is 3.38. The Bertz CT molecular complexity index is 419. The van der Waals surface area contributed by atoms with E-state index in [1.165, 1.54) is 11.6 Å². The summed E-state index contributed by atoms with van der Waals surface area (Å²) in [5.74, 6) is -0.895. The van der Waals surface area contributed by atoms with Crippen LogP contribution in [0.3, 0.4) is 0 Å². The summed E-state index contributed by atoms with van der Waals surface area (Å²) in [4.78, 5) is 24.4. The van der Waals surface area contributed by atoms with Gasteiger partial charge in [0.2, 0.25) is 5.91 Å². The van der Waals surface area contributed by atoms with Crippen LogP contribution in [0, 0.1) is 0 Å². The van der Waals surface area contributed by atoms with Gasteiger partial charge in [0.25, 0.3) is 0 Å². The van der Waals surface area contributed by atoms with Crippen LogP contribution in [0.1, 0.15) is 19.8 Å². The topological polar surface area (TPSA) is 75.4 Å². The largest absolute Gasteiger partial charge is 0.479 e. The minimum atomic E-state index is -1.00. The fraction of sp³-hybridized carbons (Fsp3) is 0.545. The van der Waals surface area contributed by atoms with E-state index in [0.29, 0.717) is 25.9 Å². The summed E-state index contributed by atoms with van der Waals surface area (Å²) in [6.45, 7) is 2.42. The first kappa shape index (κ1) is 11.6. The summed E-state index contributed by atoms with van der Waals surface area (Å²) in [7, 11) is 0. The number of carboxylic acids is 1. The van der Waals surface area contributed by atoms with Crippen molar-refractivity contribution in [3.8, 4) is 0 Å². The molecule has 92 valence electrons. The van der Waals surface area contributed by atoms with Crippen LogP contribution in [0.2, 0.25) is 0 Å². The van der Waals surface area contributed by atoms with Gasteiger partial charge in [0, 0.05) is 45.2 Å². The molecule has 0 atom stereocenters. The van der Waals surface area contributed by atoms with E-state index in [4.69, 9.17) is 0 Å². The van der Waals surface area contributed by atoms with Crippen LogP contribution in [-0.4, -0.2) is 44.8 Å². The molecular formula is C11H15N3O3. The van der Waals surface area contributed by atoms with E-state index in [1.54, 1.807) is 23.4 Å². The lowest BCUT2D eigenvalue weighted by molar-refractivity contribution is -0.153. The highest BCUT2D eigenvalue weighted by atomic mass is 16.4. The molecule has 0 aromatic carbocycles. The van der Waals surface area contributed by atoms with Gasteiger partial charge in [-0.25, -0.2) is 4.79 Å². The maximum Gasteiger partial charge on any atom is 0.331 e. The number of carboxylic acid groups (broad SMARTS) is 1. The Kier molecular flexibility index (Phi) is 2.87. The van der Waals surface area contributed by atoms with Crippen molar-refractivity contribution in [2.24, 2.45) is 0 Å². The van der Waals surface area contributed by atoms with Crippen LogP contribution in [-0.2, 0) is 15.1 Å². The molecule has 1 aliphatic rings. The number of likely N-dealkylation sites (tertiary alicyclic amines) is 1.